The number of hydrogen-bond donors (Lipinski definition) is 2. The molecule has 3 N–H and O–H groups in total. The van der Waals surface area contributed by atoms with Gasteiger partial charge in [-0.1, -0.05) is 17.7 Å². The van der Waals surface area contributed by atoms with Crippen LogP contribution in [0.4, 0.5) is 10.2 Å². The van der Waals surface area contributed by atoms with Crippen LogP contribution in [0.3, 0.4) is 0 Å². The molecule has 32 heavy (non-hydrogen) atoms. The molecular formula is C20H21ClFN5O3S2. The van der Waals surface area contributed by atoms with Crippen LogP contribution >= 0.6 is 22.9 Å². The maximum Gasteiger partial charge on any atom is 0.266 e. The van der Waals surface area contributed by atoms with Crippen LogP contribution in [0.1, 0.15) is 18.4 Å². The minimum atomic E-state index is -4.20. The lowest BCUT2D eigenvalue weighted by Gasteiger charge is -2.30. The summed E-state index contributed by atoms with van der Waals surface area (Å²) in [6.07, 6.45) is 7.41. The highest BCUT2D eigenvalue weighted by atomic mass is 35.5. The average Bonchev–Trinajstić information content (AvgIpc) is 3.40. The summed E-state index contributed by atoms with van der Waals surface area (Å²) in [5.74, 6) is -0.989. The van der Waals surface area contributed by atoms with Gasteiger partial charge < -0.3 is 10.5 Å². The molecule has 0 fully saturated rings. The van der Waals surface area contributed by atoms with Crippen LogP contribution in [0, 0.1) is 11.7 Å². The van der Waals surface area contributed by atoms with Gasteiger partial charge in [0.25, 0.3) is 10.0 Å². The van der Waals surface area contributed by atoms with E-state index in [-0.39, 0.29) is 35.2 Å². The Balaban J connectivity index is 1.54. The van der Waals surface area contributed by atoms with Crippen LogP contribution in [0.25, 0.3) is 5.57 Å². The minimum Gasteiger partial charge on any atom is -0.491 e. The number of aromatic nitrogens is 3. The van der Waals surface area contributed by atoms with E-state index in [1.54, 1.807) is 10.9 Å². The van der Waals surface area contributed by atoms with Crippen molar-refractivity contribution in [2.24, 2.45) is 18.7 Å². The van der Waals surface area contributed by atoms with Gasteiger partial charge in [0.15, 0.2) is 5.82 Å². The van der Waals surface area contributed by atoms with E-state index in [9.17, 15) is 12.8 Å². The normalized spacial score (nSPS) is 18.9. The predicted octanol–water partition coefficient (Wildman–Crippen LogP) is 3.67. The first kappa shape index (κ1) is 22.7. The summed E-state index contributed by atoms with van der Waals surface area (Å²) in [5, 5.41) is 5.68. The summed E-state index contributed by atoms with van der Waals surface area (Å²) in [5.41, 5.74) is 9.77. The smallest absolute Gasteiger partial charge is 0.266 e. The molecule has 0 aliphatic heterocycles. The van der Waals surface area contributed by atoms with Gasteiger partial charge in [0.2, 0.25) is 0 Å². The summed E-state index contributed by atoms with van der Waals surface area (Å²) < 4.78 is 49.5. The minimum absolute atomic E-state index is 0.0265. The van der Waals surface area contributed by atoms with Crippen molar-refractivity contribution in [2.75, 3.05) is 11.3 Å². The van der Waals surface area contributed by atoms with Gasteiger partial charge in [-0.25, -0.2) is 17.8 Å². The molecule has 0 spiro atoms. The van der Waals surface area contributed by atoms with E-state index in [1.165, 1.54) is 22.2 Å². The molecule has 1 aliphatic carbocycles. The fourth-order valence-electron chi connectivity index (χ4n) is 3.59. The summed E-state index contributed by atoms with van der Waals surface area (Å²) in [7, 11) is -2.37. The van der Waals surface area contributed by atoms with Crippen molar-refractivity contribution in [2.45, 2.75) is 23.8 Å². The van der Waals surface area contributed by atoms with Crippen LogP contribution in [0.15, 0.2) is 46.4 Å². The third-order valence-electron chi connectivity index (χ3n) is 5.18. The van der Waals surface area contributed by atoms with Crippen molar-refractivity contribution >= 4 is 44.4 Å². The molecule has 2 atom stereocenters. The van der Waals surface area contributed by atoms with Crippen molar-refractivity contribution < 1.29 is 17.5 Å². The van der Waals surface area contributed by atoms with E-state index < -0.39 is 20.7 Å². The molecule has 12 heteroatoms. The van der Waals surface area contributed by atoms with Gasteiger partial charge in [-0.15, -0.1) is 11.3 Å². The van der Waals surface area contributed by atoms with Crippen molar-refractivity contribution in [3.63, 3.8) is 0 Å². The number of nitrogens with one attached hydrogen (secondary N) is 1. The third-order valence-corrected chi connectivity index (χ3v) is 7.44. The number of rotatable bonds is 7. The Kier molecular flexibility index (Phi) is 6.52. The van der Waals surface area contributed by atoms with Gasteiger partial charge in [-0.2, -0.15) is 5.10 Å². The van der Waals surface area contributed by atoms with E-state index in [1.807, 2.05) is 13.2 Å². The fraction of sp³-hybridized carbons (Fsp3) is 0.300. The Morgan fingerprint density at radius 2 is 2.25 bits per heavy atom. The highest BCUT2D eigenvalue weighted by Gasteiger charge is 2.29. The van der Waals surface area contributed by atoms with Crippen LogP contribution in [-0.2, 0) is 17.1 Å². The molecule has 8 nitrogen and oxygen atoms in total. The summed E-state index contributed by atoms with van der Waals surface area (Å²) in [6.45, 7) is 0.157. The number of nitrogens with zero attached hydrogens (tertiary/aromatic N) is 3. The van der Waals surface area contributed by atoms with Crippen LogP contribution in [0.2, 0.25) is 5.02 Å². The first-order valence-corrected chi connectivity index (χ1v) is 12.5. The van der Waals surface area contributed by atoms with Gasteiger partial charge >= 0.3 is 0 Å². The van der Waals surface area contributed by atoms with E-state index in [4.69, 9.17) is 22.1 Å². The molecular weight excluding hydrogens is 477 g/mol. The second-order valence-corrected chi connectivity index (χ2v) is 10.2. The van der Waals surface area contributed by atoms with Gasteiger partial charge in [0, 0.05) is 42.2 Å². The lowest BCUT2D eigenvalue weighted by atomic mass is 9.82. The van der Waals surface area contributed by atoms with Crippen molar-refractivity contribution in [1.29, 1.82) is 0 Å². The first-order chi connectivity index (χ1) is 15.2. The Labute approximate surface area is 193 Å². The number of benzene rings is 1. The Morgan fingerprint density at radius 3 is 2.94 bits per heavy atom. The number of nitrogens with two attached hydrogens (primary N) is 1. The van der Waals surface area contributed by atoms with Gasteiger partial charge in [0.05, 0.1) is 23.3 Å². The Morgan fingerprint density at radius 1 is 1.44 bits per heavy atom. The highest BCUT2D eigenvalue weighted by molar-refractivity contribution is 7.92. The lowest BCUT2D eigenvalue weighted by Crippen LogP contribution is -2.36. The second kappa shape index (κ2) is 9.18. The molecule has 3 aromatic rings. The standard InChI is InChI=1S/C20H21ClFN5O3S2/c1-27-8-12(7-25-27)13-3-2-4-17(23)14(13)9-30-18-6-16(22)19(5-15(18)21)32(28,29)26-20-10-31-11-24-20/h3,5-8,10-11,14,17,26H,2,4,9,23H2,1H3. The largest absolute Gasteiger partial charge is 0.491 e. The van der Waals surface area contributed by atoms with E-state index >= 15 is 0 Å². The molecule has 1 aromatic carbocycles. The number of anilines is 1. The average molecular weight is 498 g/mol. The van der Waals surface area contributed by atoms with Crippen molar-refractivity contribution in [3.05, 3.63) is 57.9 Å². The van der Waals surface area contributed by atoms with E-state index in [0.29, 0.717) is 0 Å². The van der Waals surface area contributed by atoms with Gasteiger partial charge in [0.1, 0.15) is 16.5 Å². The zero-order chi connectivity index (χ0) is 22.9. The molecule has 2 unspecified atom stereocenters. The third kappa shape index (κ3) is 4.80. The monoisotopic (exact) mass is 497 g/mol. The number of aryl methyl sites for hydroxylation is 1. The van der Waals surface area contributed by atoms with E-state index in [0.717, 1.165) is 36.1 Å². The number of halogens is 2. The molecule has 0 bridgehead atoms. The second-order valence-electron chi connectivity index (χ2n) is 7.41. The number of sulfonamides is 1. The maximum absolute atomic E-state index is 14.7. The zero-order valence-electron chi connectivity index (χ0n) is 17.0. The summed E-state index contributed by atoms with van der Waals surface area (Å²) >= 11 is 7.45. The number of thiazole rings is 1. The molecule has 170 valence electrons. The highest BCUT2D eigenvalue weighted by Crippen LogP contribution is 2.35. The van der Waals surface area contributed by atoms with Crippen molar-refractivity contribution in [1.82, 2.24) is 14.8 Å². The first-order valence-electron chi connectivity index (χ1n) is 9.72. The summed E-state index contributed by atoms with van der Waals surface area (Å²) in [4.78, 5) is 3.25. The predicted molar refractivity (Wildman–Crippen MR) is 122 cm³/mol. The molecule has 4 rings (SSSR count). The molecule has 2 aromatic heterocycles. The maximum atomic E-state index is 14.7. The van der Waals surface area contributed by atoms with Gasteiger partial charge in [-0.05, 0) is 24.5 Å². The number of hydrogen-bond acceptors (Lipinski definition) is 7. The molecule has 2 heterocycles. The topological polar surface area (TPSA) is 112 Å². The quantitative estimate of drug-likeness (QED) is 0.515. The summed E-state index contributed by atoms with van der Waals surface area (Å²) in [6, 6.07) is 1.85. The Bertz CT molecular complexity index is 1240. The fourth-order valence-corrected chi connectivity index (χ4v) is 5.52. The zero-order valence-corrected chi connectivity index (χ0v) is 19.4. The Hall–Kier alpha value is -2.47. The molecule has 0 radical (unpaired) electrons. The SMILES string of the molecule is Cn1cc(C2=CCCC(N)C2COc2cc(F)c(S(=O)(=O)Nc3cscn3)cc2Cl)cn1. The van der Waals surface area contributed by atoms with Crippen LogP contribution in [0.5, 0.6) is 5.75 Å². The number of allylic oxidation sites excluding steroid dienone is 1. The van der Waals surface area contributed by atoms with Crippen molar-refractivity contribution in [3.8, 4) is 5.75 Å². The number of ether oxygens (including phenoxy) is 1. The van der Waals surface area contributed by atoms with Gasteiger partial charge in [-0.3, -0.25) is 9.40 Å². The van der Waals surface area contributed by atoms with Crippen LogP contribution in [-0.4, -0.2) is 35.8 Å². The molecule has 0 amide bonds. The lowest BCUT2D eigenvalue weighted by molar-refractivity contribution is 0.252. The molecule has 0 saturated carbocycles. The molecule has 0 saturated heterocycles. The molecule has 1 aliphatic rings. The van der Waals surface area contributed by atoms with E-state index in [2.05, 4.69) is 20.9 Å². The van der Waals surface area contributed by atoms with Crippen LogP contribution < -0.4 is 15.2 Å².